The molecule has 4 aromatic carbocycles. The number of hydrogen-bond acceptors (Lipinski definition) is 0. The van der Waals surface area contributed by atoms with Gasteiger partial charge in [-0.05, 0) is 0 Å². The van der Waals surface area contributed by atoms with E-state index < -0.39 is 22.8 Å². The van der Waals surface area contributed by atoms with Crippen LogP contribution in [0, 0.1) is 6.92 Å². The fourth-order valence-electron chi connectivity index (χ4n) is 6.69. The van der Waals surface area contributed by atoms with E-state index in [-0.39, 0.29) is 35.6 Å². The van der Waals surface area contributed by atoms with Crippen LogP contribution in [-0.2, 0) is 40.0 Å². The number of halogens is 2. The summed E-state index contributed by atoms with van der Waals surface area (Å²) < 4.78 is 3.27. The first-order chi connectivity index (χ1) is 19.5. The molecule has 0 heterocycles. The van der Waals surface area contributed by atoms with Gasteiger partial charge in [-0.2, -0.15) is 0 Å². The molecular formula is C40H41Cl2Zr. The van der Waals surface area contributed by atoms with Crippen LogP contribution in [0.3, 0.4) is 0 Å². The van der Waals surface area contributed by atoms with Gasteiger partial charge in [0.25, 0.3) is 0 Å². The molecule has 0 saturated carbocycles. The molecule has 0 N–H and O–H groups in total. The van der Waals surface area contributed by atoms with E-state index in [1.807, 2.05) is 0 Å². The third kappa shape index (κ3) is 6.42. The second-order valence-corrected chi connectivity index (χ2v) is 16.8. The standard InChI is InChI=1S/C27H31.C13H10.2ClH.Zr/c1-17-24-20(14-19-15-21(26(2,3)4)12-13-22(19)24)16-23(27(5,6)7)25(17)18-10-8-9-11-18;1-3-7-12(8-4-1)11-13-9-5-2-6-10-13;;;/h8-10,12-13,15H,11,14H2,1-7H3;1-10H;2*1H;/q;;;;+2/p-2. The molecule has 43 heavy (non-hydrogen) atoms. The monoisotopic (exact) mass is 681 g/mol. The molecule has 3 heteroatoms. The van der Waals surface area contributed by atoms with Gasteiger partial charge in [0.1, 0.15) is 0 Å². The molecule has 2 aliphatic rings. The van der Waals surface area contributed by atoms with Crippen molar-refractivity contribution in [3.8, 4) is 11.1 Å². The minimum atomic E-state index is -1.27. The number of fused-ring (bicyclic) bond motifs is 3. The van der Waals surface area contributed by atoms with Crippen molar-refractivity contribution < 1.29 is 47.6 Å². The van der Waals surface area contributed by atoms with Crippen molar-refractivity contribution >= 4 is 12.1 Å². The molecule has 0 aliphatic heterocycles. The maximum Gasteiger partial charge on any atom is -1.00 e. The first-order valence-corrected chi connectivity index (χ1v) is 17.4. The van der Waals surface area contributed by atoms with Gasteiger partial charge < -0.3 is 24.8 Å². The molecule has 0 bridgehead atoms. The summed E-state index contributed by atoms with van der Waals surface area (Å²) in [5.74, 6) is 0. The summed E-state index contributed by atoms with van der Waals surface area (Å²) in [6.07, 6.45) is 9.02. The predicted octanol–water partition coefficient (Wildman–Crippen LogP) is 3.49. The quantitative estimate of drug-likeness (QED) is 0.273. The SMILES string of the molecule is Cc1c(C2=CC=CC2)c(C(C)(C)C)[c]([Zr+2]=[C](c2ccccc2)c2ccccc2)c2c1-c1ccc(C(C)(C)C)cc1C2.[Cl-].[Cl-]. The number of rotatable bonds is 4. The van der Waals surface area contributed by atoms with Crippen molar-refractivity contribution in [1.29, 1.82) is 0 Å². The van der Waals surface area contributed by atoms with E-state index in [0.717, 1.165) is 12.8 Å². The van der Waals surface area contributed by atoms with E-state index in [0.29, 0.717) is 0 Å². The topological polar surface area (TPSA) is 0 Å². The van der Waals surface area contributed by atoms with Crippen LogP contribution >= 0.6 is 0 Å². The molecule has 0 atom stereocenters. The van der Waals surface area contributed by atoms with Crippen LogP contribution in [0.25, 0.3) is 16.7 Å². The fraction of sp³-hybridized carbons (Fsp3) is 0.275. The Kier molecular flexibility index (Phi) is 10.1. The molecule has 0 spiro atoms. The zero-order valence-corrected chi connectivity index (χ0v) is 30.4. The molecule has 0 radical (unpaired) electrons. The third-order valence-electron chi connectivity index (χ3n) is 8.68. The smallest absolute Gasteiger partial charge is 1.00 e. The molecule has 4 aromatic rings. The van der Waals surface area contributed by atoms with Crippen molar-refractivity contribution in [2.45, 2.75) is 72.1 Å². The molecule has 0 nitrogen and oxygen atoms in total. The molecule has 0 unspecified atom stereocenters. The van der Waals surface area contributed by atoms with Gasteiger partial charge in [0.05, 0.1) is 0 Å². The van der Waals surface area contributed by atoms with Crippen LogP contribution in [0.15, 0.2) is 97.1 Å². The van der Waals surface area contributed by atoms with E-state index in [2.05, 4.69) is 146 Å². The van der Waals surface area contributed by atoms with Gasteiger partial charge in [0.15, 0.2) is 0 Å². The van der Waals surface area contributed by atoms with Crippen LogP contribution in [0.5, 0.6) is 0 Å². The number of hydrogen-bond donors (Lipinski definition) is 0. The maximum atomic E-state index is 2.51. The minimum Gasteiger partial charge on any atom is -1.00 e. The molecule has 0 fully saturated rings. The van der Waals surface area contributed by atoms with E-state index in [9.17, 15) is 0 Å². The summed E-state index contributed by atoms with van der Waals surface area (Å²) in [6, 6.07) is 29.7. The number of benzene rings is 4. The van der Waals surface area contributed by atoms with Crippen LogP contribution < -0.4 is 28.1 Å². The average Bonchev–Trinajstić information content (AvgIpc) is 3.60. The summed E-state index contributed by atoms with van der Waals surface area (Å²) in [5.41, 5.74) is 16.6. The van der Waals surface area contributed by atoms with Gasteiger partial charge in [-0.25, -0.2) is 0 Å². The van der Waals surface area contributed by atoms with E-state index in [4.69, 9.17) is 0 Å². The van der Waals surface area contributed by atoms with Crippen LogP contribution in [-0.4, -0.2) is 3.21 Å². The Morgan fingerprint density at radius 2 is 1.33 bits per heavy atom. The van der Waals surface area contributed by atoms with Crippen molar-refractivity contribution in [3.05, 3.63) is 142 Å². The molecule has 0 amide bonds. The normalized spacial score (nSPS) is 13.3. The molecule has 219 valence electrons. The van der Waals surface area contributed by atoms with E-state index in [1.54, 1.807) is 17.6 Å². The first kappa shape index (κ1) is 33.6. The van der Waals surface area contributed by atoms with Gasteiger partial charge in [0.2, 0.25) is 0 Å². The zero-order chi connectivity index (χ0) is 28.9. The zero-order valence-electron chi connectivity index (χ0n) is 26.4. The summed E-state index contributed by atoms with van der Waals surface area (Å²) in [5, 5.41) is 0. The Morgan fingerprint density at radius 1 is 0.721 bits per heavy atom. The Labute approximate surface area is 282 Å². The Hall–Kier alpha value is -2.31. The van der Waals surface area contributed by atoms with Crippen molar-refractivity contribution in [1.82, 2.24) is 0 Å². The summed E-state index contributed by atoms with van der Waals surface area (Å²) >= 11 is -1.27. The van der Waals surface area contributed by atoms with Gasteiger partial charge in [0, 0.05) is 0 Å². The Morgan fingerprint density at radius 3 is 1.84 bits per heavy atom. The van der Waals surface area contributed by atoms with Gasteiger partial charge in [-0.1, -0.05) is 0 Å². The number of allylic oxidation sites excluding steroid dienone is 4. The van der Waals surface area contributed by atoms with Crippen molar-refractivity contribution in [3.63, 3.8) is 0 Å². The molecular weight excluding hydrogens is 643 g/mol. The molecule has 0 saturated heterocycles. The van der Waals surface area contributed by atoms with Gasteiger partial charge in [-0.15, -0.1) is 0 Å². The second-order valence-electron chi connectivity index (χ2n) is 13.7. The summed E-state index contributed by atoms with van der Waals surface area (Å²) in [6.45, 7) is 16.7. The van der Waals surface area contributed by atoms with Crippen LogP contribution in [0.4, 0.5) is 0 Å². The Balaban J connectivity index is 0.00000212. The maximum absolute atomic E-state index is 2.51. The van der Waals surface area contributed by atoms with Crippen LogP contribution in [0.2, 0.25) is 0 Å². The first-order valence-electron chi connectivity index (χ1n) is 15.0. The predicted molar refractivity (Wildman–Crippen MR) is 174 cm³/mol. The third-order valence-corrected chi connectivity index (χ3v) is 12.7. The summed E-state index contributed by atoms with van der Waals surface area (Å²) in [7, 11) is 0. The fourth-order valence-corrected chi connectivity index (χ4v) is 11.3. The minimum absolute atomic E-state index is 0. The van der Waals surface area contributed by atoms with Crippen LogP contribution in [0.1, 0.15) is 92.5 Å². The van der Waals surface area contributed by atoms with Crippen molar-refractivity contribution in [2.75, 3.05) is 0 Å². The van der Waals surface area contributed by atoms with Gasteiger partial charge >= 0.3 is 260 Å². The molecule has 6 rings (SSSR count). The van der Waals surface area contributed by atoms with E-state index in [1.165, 1.54) is 50.1 Å². The average molecular weight is 684 g/mol. The second kappa shape index (κ2) is 13.0. The summed E-state index contributed by atoms with van der Waals surface area (Å²) in [4.78, 5) is 0. The largest absolute Gasteiger partial charge is 1.00 e. The van der Waals surface area contributed by atoms with Gasteiger partial charge in [-0.3, -0.25) is 0 Å². The Bertz CT molecular complexity index is 1690. The van der Waals surface area contributed by atoms with E-state index >= 15 is 0 Å². The molecule has 2 aliphatic carbocycles. The van der Waals surface area contributed by atoms with Crippen molar-refractivity contribution in [2.24, 2.45) is 0 Å². The molecule has 0 aromatic heterocycles.